The number of halogens is 1. The molecule has 0 aliphatic carbocycles. The van der Waals surface area contributed by atoms with Crippen molar-refractivity contribution in [1.29, 1.82) is 0 Å². The van der Waals surface area contributed by atoms with Gasteiger partial charge in [-0.3, -0.25) is 0 Å². The monoisotopic (exact) mass is 422 g/mol. The van der Waals surface area contributed by atoms with Crippen LogP contribution in [0, 0.1) is 12.7 Å². The van der Waals surface area contributed by atoms with Gasteiger partial charge >= 0.3 is 0 Å². The predicted octanol–water partition coefficient (Wildman–Crippen LogP) is 2.43. The lowest BCUT2D eigenvalue weighted by Gasteiger charge is -2.26. The SMILES string of the molecule is Cc1c(N)cnc(S(=O)(=O)N(COCCS(C)(C)C)c2cscn2)c1F. The van der Waals surface area contributed by atoms with Crippen molar-refractivity contribution < 1.29 is 17.5 Å². The maximum atomic E-state index is 14.5. The summed E-state index contributed by atoms with van der Waals surface area (Å²) in [5.74, 6) is 0.0177. The summed E-state index contributed by atoms with van der Waals surface area (Å²) in [6.07, 6.45) is 7.56. The molecule has 2 N–H and O–H groups in total. The summed E-state index contributed by atoms with van der Waals surface area (Å²) >= 11 is 1.23. The first-order valence-electron chi connectivity index (χ1n) is 7.59. The number of ether oxygens (including phenoxy) is 1. The average Bonchev–Trinajstić information content (AvgIpc) is 3.05. The first-order valence-corrected chi connectivity index (χ1v) is 13.0. The van der Waals surface area contributed by atoms with Crippen LogP contribution < -0.4 is 10.0 Å². The van der Waals surface area contributed by atoms with Crippen LogP contribution >= 0.6 is 21.4 Å². The van der Waals surface area contributed by atoms with Gasteiger partial charge in [-0.1, -0.05) is 0 Å². The van der Waals surface area contributed by atoms with Gasteiger partial charge in [0, 0.05) is 16.7 Å². The minimum Gasteiger partial charge on any atom is -0.397 e. The summed E-state index contributed by atoms with van der Waals surface area (Å²) in [5, 5.41) is 0.861. The number of hydrogen-bond donors (Lipinski definition) is 1. The lowest BCUT2D eigenvalue weighted by Crippen LogP contribution is -2.35. The molecule has 11 heteroatoms. The number of aromatic nitrogens is 2. The van der Waals surface area contributed by atoms with Crippen molar-refractivity contribution in [2.24, 2.45) is 0 Å². The second-order valence-corrected chi connectivity index (χ2v) is 13.6. The van der Waals surface area contributed by atoms with Crippen LogP contribution in [0.1, 0.15) is 5.56 Å². The molecule has 2 aromatic heterocycles. The van der Waals surface area contributed by atoms with Crippen LogP contribution in [0.2, 0.25) is 0 Å². The molecule has 0 bridgehead atoms. The van der Waals surface area contributed by atoms with E-state index < -0.39 is 30.9 Å². The van der Waals surface area contributed by atoms with Crippen molar-refractivity contribution in [2.75, 3.05) is 47.9 Å². The highest BCUT2D eigenvalue weighted by atomic mass is 32.3. The molecule has 0 saturated carbocycles. The Hall–Kier alpha value is -1.43. The zero-order valence-electron chi connectivity index (χ0n) is 15.1. The molecular formula is C15H23FN4O3S3. The Morgan fingerprint density at radius 1 is 1.31 bits per heavy atom. The Morgan fingerprint density at radius 2 is 2.00 bits per heavy atom. The third-order valence-corrected chi connectivity index (χ3v) is 7.14. The minimum atomic E-state index is -4.29. The van der Waals surface area contributed by atoms with E-state index in [9.17, 15) is 12.8 Å². The molecule has 0 spiro atoms. The molecule has 0 aliphatic rings. The van der Waals surface area contributed by atoms with E-state index in [1.807, 2.05) is 0 Å². The Bertz CT molecular complexity index is 852. The number of thiazole rings is 1. The third-order valence-electron chi connectivity index (χ3n) is 3.53. The van der Waals surface area contributed by atoms with E-state index in [4.69, 9.17) is 10.5 Å². The molecular weight excluding hydrogens is 399 g/mol. The molecule has 2 heterocycles. The van der Waals surface area contributed by atoms with E-state index in [0.717, 1.165) is 16.3 Å². The largest absolute Gasteiger partial charge is 0.397 e. The van der Waals surface area contributed by atoms with Gasteiger partial charge in [-0.25, -0.2) is 28.7 Å². The molecule has 2 rings (SSSR count). The van der Waals surface area contributed by atoms with Crippen molar-refractivity contribution >= 4 is 42.9 Å². The molecule has 0 amide bonds. The van der Waals surface area contributed by atoms with Gasteiger partial charge in [-0.2, -0.15) is 8.42 Å². The Kier molecular flexibility index (Phi) is 6.48. The van der Waals surface area contributed by atoms with Crippen LogP contribution in [0.25, 0.3) is 0 Å². The lowest BCUT2D eigenvalue weighted by atomic mass is 10.2. The molecule has 0 unspecified atom stereocenters. The summed E-state index contributed by atoms with van der Waals surface area (Å²) in [7, 11) is -5.07. The molecule has 7 nitrogen and oxygen atoms in total. The number of nitrogens with zero attached hydrogens (tertiary/aromatic N) is 3. The minimum absolute atomic E-state index is 0.0362. The van der Waals surface area contributed by atoms with Crippen molar-refractivity contribution in [2.45, 2.75) is 11.9 Å². The first kappa shape index (κ1) is 20.9. The van der Waals surface area contributed by atoms with Crippen LogP contribution in [0.15, 0.2) is 22.1 Å². The van der Waals surface area contributed by atoms with E-state index in [1.165, 1.54) is 23.8 Å². The maximum absolute atomic E-state index is 14.5. The first-order chi connectivity index (χ1) is 12.0. The molecule has 0 atom stereocenters. The topological polar surface area (TPSA) is 98.4 Å². The molecule has 0 aromatic carbocycles. The van der Waals surface area contributed by atoms with Gasteiger partial charge in [0.25, 0.3) is 10.0 Å². The van der Waals surface area contributed by atoms with Crippen molar-refractivity contribution in [3.8, 4) is 0 Å². The van der Waals surface area contributed by atoms with E-state index in [1.54, 1.807) is 5.38 Å². The zero-order chi connectivity index (χ0) is 19.5. The number of nitrogens with two attached hydrogens (primary N) is 1. The highest BCUT2D eigenvalue weighted by Crippen LogP contribution is 2.33. The summed E-state index contributed by atoms with van der Waals surface area (Å²) in [6, 6.07) is 0. The van der Waals surface area contributed by atoms with Gasteiger partial charge in [0.05, 0.1) is 24.0 Å². The number of nitrogen functional groups attached to an aromatic ring is 1. The van der Waals surface area contributed by atoms with Crippen LogP contribution in [0.5, 0.6) is 0 Å². The second-order valence-electron chi connectivity index (χ2n) is 6.49. The predicted molar refractivity (Wildman–Crippen MR) is 106 cm³/mol. The lowest BCUT2D eigenvalue weighted by molar-refractivity contribution is 0.159. The van der Waals surface area contributed by atoms with Crippen LogP contribution in [-0.2, 0) is 14.8 Å². The second kappa shape index (κ2) is 8.07. The Balaban J connectivity index is 2.32. The van der Waals surface area contributed by atoms with E-state index in [2.05, 4.69) is 28.7 Å². The van der Waals surface area contributed by atoms with Crippen LogP contribution in [0.3, 0.4) is 0 Å². The van der Waals surface area contributed by atoms with E-state index in [-0.39, 0.29) is 23.8 Å². The van der Waals surface area contributed by atoms with Gasteiger partial charge < -0.3 is 10.5 Å². The number of rotatable bonds is 8. The van der Waals surface area contributed by atoms with E-state index in [0.29, 0.717) is 6.61 Å². The Morgan fingerprint density at radius 3 is 2.58 bits per heavy atom. The number of hydrogen-bond acceptors (Lipinski definition) is 7. The highest BCUT2D eigenvalue weighted by molar-refractivity contribution is 8.32. The highest BCUT2D eigenvalue weighted by Gasteiger charge is 2.32. The van der Waals surface area contributed by atoms with Crippen molar-refractivity contribution in [3.63, 3.8) is 0 Å². The van der Waals surface area contributed by atoms with Gasteiger partial charge in [-0.05, 0) is 25.7 Å². The number of sulfonamides is 1. The van der Waals surface area contributed by atoms with Crippen LogP contribution in [-0.4, -0.2) is 56.2 Å². The standard InChI is InChI=1S/C15H23FN4O3S3/c1-11-12(17)7-18-15(14(11)16)26(21,22)20(13-8-24-9-19-13)10-23-5-6-25(2,3)4/h7-9H,5-6,10,17H2,1-4H3. The molecule has 146 valence electrons. The zero-order valence-corrected chi connectivity index (χ0v) is 17.5. The molecule has 0 radical (unpaired) electrons. The third kappa shape index (κ3) is 4.84. The van der Waals surface area contributed by atoms with Gasteiger partial charge in [0.1, 0.15) is 6.73 Å². The average molecular weight is 423 g/mol. The smallest absolute Gasteiger partial charge is 0.287 e. The molecule has 0 aliphatic heterocycles. The van der Waals surface area contributed by atoms with Crippen molar-refractivity contribution in [3.05, 3.63) is 28.5 Å². The quantitative estimate of drug-likeness (QED) is 0.518. The number of anilines is 2. The van der Waals surface area contributed by atoms with Gasteiger partial charge in [0.15, 0.2) is 11.6 Å². The van der Waals surface area contributed by atoms with Crippen LogP contribution in [0.4, 0.5) is 15.9 Å². The van der Waals surface area contributed by atoms with E-state index >= 15 is 0 Å². The maximum Gasteiger partial charge on any atom is 0.287 e. The summed E-state index contributed by atoms with van der Waals surface area (Å²) in [5.41, 5.74) is 7.22. The fourth-order valence-corrected chi connectivity index (χ4v) is 4.46. The molecule has 26 heavy (non-hydrogen) atoms. The molecule has 2 aromatic rings. The number of pyridine rings is 1. The molecule has 0 saturated heterocycles. The summed E-state index contributed by atoms with van der Waals surface area (Å²) < 4.78 is 46.9. The summed E-state index contributed by atoms with van der Waals surface area (Å²) in [4.78, 5) is 7.72. The van der Waals surface area contributed by atoms with Gasteiger partial charge in [-0.15, -0.1) is 11.3 Å². The normalized spacial score (nSPS) is 13.0. The Labute approximate surface area is 158 Å². The van der Waals surface area contributed by atoms with Gasteiger partial charge in [0.2, 0.25) is 5.03 Å². The fourth-order valence-electron chi connectivity index (χ4n) is 1.90. The van der Waals surface area contributed by atoms with Crippen molar-refractivity contribution in [1.82, 2.24) is 9.97 Å². The summed E-state index contributed by atoms with van der Waals surface area (Å²) in [6.45, 7) is 1.53. The molecule has 0 fully saturated rings. The fraction of sp³-hybridized carbons (Fsp3) is 0.467.